The molecule has 0 saturated heterocycles. The third-order valence-electron chi connectivity index (χ3n) is 2.92. The zero-order valence-corrected chi connectivity index (χ0v) is 11.6. The van der Waals surface area contributed by atoms with Crippen molar-refractivity contribution in [1.82, 2.24) is 4.57 Å². The number of rotatable bonds is 3. The molecule has 0 atom stereocenters. The van der Waals surface area contributed by atoms with Crippen LogP contribution in [0.15, 0.2) is 41.5 Å². The number of aromatic nitrogens is 1. The number of halogens is 3. The Morgan fingerprint density at radius 3 is 2.57 bits per heavy atom. The first-order valence-corrected chi connectivity index (χ1v) is 6.33. The summed E-state index contributed by atoms with van der Waals surface area (Å²) < 4.78 is 45.1. The van der Waals surface area contributed by atoms with E-state index in [9.17, 15) is 18.0 Å². The monoisotopic (exact) mass is 297 g/mol. The number of nitrogens with zero attached hydrogens (tertiary/aromatic N) is 1. The van der Waals surface area contributed by atoms with Crippen LogP contribution in [0, 0.1) is 0 Å². The molecule has 0 fully saturated rings. The summed E-state index contributed by atoms with van der Waals surface area (Å²) in [6, 6.07) is 4.69. The van der Waals surface area contributed by atoms with Crippen LogP contribution < -0.4 is 10.2 Å². The highest BCUT2D eigenvalue weighted by atomic mass is 19.4. The number of pyridine rings is 1. The van der Waals surface area contributed by atoms with Gasteiger partial charge in [0.05, 0.1) is 12.2 Å². The normalized spacial score (nSPS) is 11.5. The van der Waals surface area contributed by atoms with Gasteiger partial charge in [0.1, 0.15) is 0 Å². The minimum absolute atomic E-state index is 0.120. The van der Waals surface area contributed by atoms with E-state index in [0.717, 1.165) is 12.1 Å². The second-order valence-corrected chi connectivity index (χ2v) is 4.54. The van der Waals surface area contributed by atoms with Gasteiger partial charge in [-0.3, -0.25) is 4.79 Å². The first-order chi connectivity index (χ1) is 9.82. The highest BCUT2D eigenvalue weighted by Crippen LogP contribution is 2.31. The molecule has 1 aromatic carbocycles. The largest absolute Gasteiger partial charge is 0.488 e. The fraction of sp³-hybridized carbons (Fsp3) is 0.267. The van der Waals surface area contributed by atoms with Gasteiger partial charge in [0.15, 0.2) is 5.75 Å². The van der Waals surface area contributed by atoms with E-state index < -0.39 is 17.2 Å². The standard InChI is InChI=1S/C15H14F3NO2/c1-3-21-13-9-19(2)8-12(14(13)20)10-5-4-6-11(7-10)15(16,17)18/h4-9H,3H2,1-2H3. The first-order valence-electron chi connectivity index (χ1n) is 6.33. The molecular weight excluding hydrogens is 283 g/mol. The van der Waals surface area contributed by atoms with Crippen LogP contribution in [-0.4, -0.2) is 11.2 Å². The molecule has 0 radical (unpaired) electrons. The summed E-state index contributed by atoms with van der Waals surface area (Å²) >= 11 is 0. The van der Waals surface area contributed by atoms with Gasteiger partial charge in [-0.05, 0) is 24.6 Å². The Morgan fingerprint density at radius 1 is 1.24 bits per heavy atom. The van der Waals surface area contributed by atoms with E-state index in [2.05, 4.69) is 0 Å². The third kappa shape index (κ3) is 3.26. The predicted molar refractivity (Wildman–Crippen MR) is 73.3 cm³/mol. The molecule has 2 aromatic rings. The molecule has 21 heavy (non-hydrogen) atoms. The molecule has 0 saturated carbocycles. The van der Waals surface area contributed by atoms with E-state index in [1.54, 1.807) is 18.5 Å². The molecule has 0 amide bonds. The van der Waals surface area contributed by atoms with Crippen molar-refractivity contribution in [3.8, 4) is 16.9 Å². The Morgan fingerprint density at radius 2 is 1.95 bits per heavy atom. The predicted octanol–water partition coefficient (Wildman–Crippen LogP) is 3.47. The second-order valence-electron chi connectivity index (χ2n) is 4.54. The van der Waals surface area contributed by atoms with Crippen molar-refractivity contribution in [3.63, 3.8) is 0 Å². The molecular formula is C15H14F3NO2. The van der Waals surface area contributed by atoms with Crippen LogP contribution in [0.1, 0.15) is 12.5 Å². The highest BCUT2D eigenvalue weighted by Gasteiger charge is 2.30. The number of hydrogen-bond donors (Lipinski definition) is 0. The lowest BCUT2D eigenvalue weighted by Crippen LogP contribution is -2.13. The average molecular weight is 297 g/mol. The molecule has 0 aliphatic rings. The second kappa shape index (κ2) is 5.63. The quantitative estimate of drug-likeness (QED) is 0.868. The molecule has 0 N–H and O–H groups in total. The number of alkyl halides is 3. The van der Waals surface area contributed by atoms with Gasteiger partial charge >= 0.3 is 6.18 Å². The molecule has 1 heterocycles. The zero-order valence-electron chi connectivity index (χ0n) is 11.6. The van der Waals surface area contributed by atoms with Crippen LogP contribution >= 0.6 is 0 Å². The van der Waals surface area contributed by atoms with E-state index in [1.807, 2.05) is 0 Å². The van der Waals surface area contributed by atoms with Crippen molar-refractivity contribution in [1.29, 1.82) is 0 Å². The summed E-state index contributed by atoms with van der Waals surface area (Å²) in [5.74, 6) is 0.120. The Balaban J connectivity index is 2.59. The zero-order chi connectivity index (χ0) is 15.6. The number of ether oxygens (including phenoxy) is 1. The van der Waals surface area contributed by atoms with Crippen molar-refractivity contribution >= 4 is 0 Å². The lowest BCUT2D eigenvalue weighted by atomic mass is 10.0. The summed E-state index contributed by atoms with van der Waals surface area (Å²) in [4.78, 5) is 12.3. The molecule has 3 nitrogen and oxygen atoms in total. The highest BCUT2D eigenvalue weighted by molar-refractivity contribution is 5.64. The lowest BCUT2D eigenvalue weighted by molar-refractivity contribution is -0.137. The topological polar surface area (TPSA) is 31.2 Å². The molecule has 0 spiro atoms. The van der Waals surface area contributed by atoms with Gasteiger partial charge in [-0.1, -0.05) is 12.1 Å². The first kappa shape index (κ1) is 15.2. The van der Waals surface area contributed by atoms with E-state index in [0.29, 0.717) is 6.61 Å². The van der Waals surface area contributed by atoms with E-state index >= 15 is 0 Å². The van der Waals surface area contributed by atoms with Gasteiger partial charge in [0.25, 0.3) is 0 Å². The van der Waals surface area contributed by atoms with Crippen molar-refractivity contribution in [2.45, 2.75) is 13.1 Å². The van der Waals surface area contributed by atoms with Gasteiger partial charge in [-0.15, -0.1) is 0 Å². The number of hydrogen-bond acceptors (Lipinski definition) is 2. The fourth-order valence-corrected chi connectivity index (χ4v) is 2.00. The minimum Gasteiger partial charge on any atom is -0.488 e. The lowest BCUT2D eigenvalue weighted by Gasteiger charge is -2.11. The average Bonchev–Trinajstić information content (AvgIpc) is 2.42. The summed E-state index contributed by atoms with van der Waals surface area (Å²) in [5, 5.41) is 0. The van der Waals surface area contributed by atoms with Crippen LogP contribution in [0.3, 0.4) is 0 Å². The Bertz CT molecular complexity index is 705. The Hall–Kier alpha value is -2.24. The summed E-state index contributed by atoms with van der Waals surface area (Å²) in [7, 11) is 1.68. The number of benzene rings is 1. The van der Waals surface area contributed by atoms with Gasteiger partial charge in [-0.25, -0.2) is 0 Å². The van der Waals surface area contributed by atoms with Crippen LogP contribution in [0.25, 0.3) is 11.1 Å². The summed E-state index contributed by atoms with van der Waals surface area (Å²) in [6.07, 6.45) is -1.46. The van der Waals surface area contributed by atoms with Crippen molar-refractivity contribution in [3.05, 3.63) is 52.4 Å². The van der Waals surface area contributed by atoms with Crippen LogP contribution in [0.2, 0.25) is 0 Å². The molecule has 2 rings (SSSR count). The van der Waals surface area contributed by atoms with E-state index in [4.69, 9.17) is 4.74 Å². The molecule has 0 aliphatic carbocycles. The summed E-state index contributed by atoms with van der Waals surface area (Å²) in [6.45, 7) is 2.04. The van der Waals surface area contributed by atoms with Gasteiger partial charge in [0.2, 0.25) is 5.43 Å². The Labute approximate surface area is 119 Å². The number of aryl methyl sites for hydroxylation is 1. The third-order valence-corrected chi connectivity index (χ3v) is 2.92. The van der Waals surface area contributed by atoms with Gasteiger partial charge in [-0.2, -0.15) is 13.2 Å². The van der Waals surface area contributed by atoms with Crippen LogP contribution in [0.5, 0.6) is 5.75 Å². The van der Waals surface area contributed by atoms with Crippen molar-refractivity contribution < 1.29 is 17.9 Å². The van der Waals surface area contributed by atoms with Crippen LogP contribution in [0.4, 0.5) is 13.2 Å². The fourth-order valence-electron chi connectivity index (χ4n) is 2.00. The van der Waals surface area contributed by atoms with E-state index in [-0.39, 0.29) is 16.9 Å². The molecule has 6 heteroatoms. The smallest absolute Gasteiger partial charge is 0.416 e. The maximum Gasteiger partial charge on any atom is 0.416 e. The molecule has 0 bridgehead atoms. The maximum absolute atomic E-state index is 12.8. The SMILES string of the molecule is CCOc1cn(C)cc(-c2cccc(C(F)(F)F)c2)c1=O. The minimum atomic E-state index is -4.45. The summed E-state index contributed by atoms with van der Waals surface area (Å²) in [5.41, 5.74) is -0.820. The van der Waals surface area contributed by atoms with Crippen molar-refractivity contribution in [2.75, 3.05) is 6.61 Å². The van der Waals surface area contributed by atoms with E-state index in [1.165, 1.54) is 24.5 Å². The van der Waals surface area contributed by atoms with Crippen molar-refractivity contribution in [2.24, 2.45) is 7.05 Å². The van der Waals surface area contributed by atoms with Crippen LogP contribution in [-0.2, 0) is 13.2 Å². The molecule has 1 aromatic heterocycles. The Kier molecular flexibility index (Phi) is 4.06. The van der Waals surface area contributed by atoms with Gasteiger partial charge < -0.3 is 9.30 Å². The molecule has 0 aliphatic heterocycles. The maximum atomic E-state index is 12.8. The molecule has 112 valence electrons. The van der Waals surface area contributed by atoms with Gasteiger partial charge in [0, 0.05) is 25.0 Å². The molecule has 0 unspecified atom stereocenters.